The molecule has 21 nitrogen and oxygen atoms in total. The van der Waals surface area contributed by atoms with Crippen molar-refractivity contribution in [2.45, 2.75) is 30.8 Å². The number of hydrogen-bond acceptors (Lipinski definition) is 19. The monoisotopic (exact) mass is 867 g/mol. The third kappa shape index (κ3) is 12.3. The molecule has 0 amide bonds. The smallest absolute Gasteiger partial charge is 0.259 e. The van der Waals surface area contributed by atoms with Gasteiger partial charge >= 0.3 is 0 Å². The molecule has 8 rings (SSSR count). The molecular weight excluding hydrogens is 819 g/mol. The number of furan rings is 2. The number of benzene rings is 2. The highest BCUT2D eigenvalue weighted by atomic mass is 32.2. The maximum Gasteiger partial charge on any atom is 0.259 e. The molecule has 0 atom stereocenters. The second-order valence-corrected chi connectivity index (χ2v) is 15.4. The summed E-state index contributed by atoms with van der Waals surface area (Å²) in [4.78, 5) is 24.5. The number of nitrogens with one attached hydrogen (secondary N) is 2. The van der Waals surface area contributed by atoms with Gasteiger partial charge < -0.3 is 46.1 Å². The van der Waals surface area contributed by atoms with Gasteiger partial charge in [0.25, 0.3) is 16.7 Å². The van der Waals surface area contributed by atoms with E-state index in [-0.39, 0.29) is 23.5 Å². The third-order valence-corrected chi connectivity index (χ3v) is 9.66. The Hall–Kier alpha value is -7.01. The average molecular weight is 868 g/mol. The minimum absolute atomic E-state index is 0.0410. The van der Waals surface area contributed by atoms with Crippen LogP contribution in [-0.4, -0.2) is 111 Å². The fourth-order valence-corrected chi connectivity index (χ4v) is 6.23. The third-order valence-electron chi connectivity index (χ3n) is 8.82. The molecule has 0 aliphatic rings. The quantitative estimate of drug-likeness (QED) is 0.0817. The molecule has 6 aromatic heterocycles. The van der Waals surface area contributed by atoms with E-state index in [0.29, 0.717) is 42.2 Å². The summed E-state index contributed by atoms with van der Waals surface area (Å²) in [6.07, 6.45) is 7.87. The summed E-state index contributed by atoms with van der Waals surface area (Å²) >= 11 is 0. The van der Waals surface area contributed by atoms with Crippen molar-refractivity contribution in [1.29, 1.82) is 0 Å². The Bertz CT molecular complexity index is 2710. The van der Waals surface area contributed by atoms with Crippen LogP contribution in [-0.2, 0) is 38.6 Å². The summed E-state index contributed by atoms with van der Waals surface area (Å²) in [6, 6.07) is 23.9. The second-order valence-electron chi connectivity index (χ2n) is 13.5. The zero-order chi connectivity index (χ0) is 43.9. The van der Waals surface area contributed by atoms with Crippen molar-refractivity contribution in [3.05, 3.63) is 102 Å². The lowest BCUT2D eigenvalue weighted by molar-refractivity contribution is 0.195. The Morgan fingerprint density at radius 3 is 1.74 bits per heavy atom. The number of sulfone groups is 1. The first-order chi connectivity index (χ1) is 30.0. The topological polar surface area (TPSA) is 293 Å². The normalized spacial score (nSPS) is 11.2. The van der Waals surface area contributed by atoms with Gasteiger partial charge in [-0.1, -0.05) is 36.4 Å². The fourth-order valence-electron chi connectivity index (χ4n) is 5.72. The maximum atomic E-state index is 11.4. The molecule has 0 aliphatic heterocycles. The molecule has 62 heavy (non-hydrogen) atoms. The van der Waals surface area contributed by atoms with E-state index < -0.39 is 15.0 Å². The Morgan fingerprint density at radius 2 is 1.19 bits per heavy atom. The molecule has 0 bridgehead atoms. The predicted octanol–water partition coefficient (Wildman–Crippen LogP) is 3.61. The van der Waals surface area contributed by atoms with Crippen molar-refractivity contribution in [3.8, 4) is 23.2 Å². The van der Waals surface area contributed by atoms with Crippen molar-refractivity contribution in [2.75, 3.05) is 75.4 Å². The van der Waals surface area contributed by atoms with E-state index in [2.05, 4.69) is 99.3 Å². The number of ether oxygens (including phenoxy) is 2. The van der Waals surface area contributed by atoms with Crippen molar-refractivity contribution >= 4 is 44.9 Å². The lowest BCUT2D eigenvalue weighted by atomic mass is 10.1. The molecule has 22 heteroatoms. The van der Waals surface area contributed by atoms with Gasteiger partial charge in [-0.25, -0.2) is 8.42 Å². The highest BCUT2D eigenvalue weighted by molar-refractivity contribution is 7.90. The molecule has 0 aliphatic carbocycles. The average Bonchev–Trinajstić information content (AvgIpc) is 4.10. The molecule has 8 aromatic rings. The molecule has 326 valence electrons. The van der Waals surface area contributed by atoms with Crippen molar-refractivity contribution in [1.82, 2.24) is 49.1 Å². The summed E-state index contributed by atoms with van der Waals surface area (Å²) < 4.78 is 45.9. The molecule has 0 unspecified atom stereocenters. The van der Waals surface area contributed by atoms with Crippen LogP contribution in [0.2, 0.25) is 0 Å². The van der Waals surface area contributed by atoms with Gasteiger partial charge in [-0.3, -0.25) is 0 Å². The number of aryl methyl sites for hydroxylation is 1. The van der Waals surface area contributed by atoms with Gasteiger partial charge in [-0.05, 0) is 85.3 Å². The minimum Gasteiger partial charge on any atom is -0.461 e. The fraction of sp³-hybridized carbons (Fsp3) is 0.300. The molecule has 0 saturated heterocycles. The molecular formula is C40H49N15O6S. The molecule has 0 saturated carbocycles. The number of aromatic nitrogens is 10. The van der Waals surface area contributed by atoms with Crippen molar-refractivity contribution < 1.29 is 26.7 Å². The first-order valence-corrected chi connectivity index (χ1v) is 21.3. The number of rotatable bonds is 17. The van der Waals surface area contributed by atoms with Crippen LogP contribution in [0.25, 0.3) is 34.7 Å². The molecule has 6 heterocycles. The van der Waals surface area contributed by atoms with Crippen LogP contribution in [0.1, 0.15) is 23.1 Å². The number of hydrogen-bond donors (Lipinski definition) is 5. The Kier molecular flexibility index (Phi) is 15.4. The lowest BCUT2D eigenvalue weighted by Gasteiger charge is -2.07. The molecule has 0 fully saturated rings. The van der Waals surface area contributed by atoms with Crippen LogP contribution < -0.4 is 27.8 Å². The SMILES string of the molecule is COCCCc1ccc(CCNc2nc(N)n3nc(-c4ccco4)nc3n2)cc1.COCCNc1ccc(CCN)cc1.CS(=O)(=O)c1nc(N)n2nc(-c3ccco3)nc2n1. The van der Waals surface area contributed by atoms with Gasteiger partial charge in [0.05, 0.1) is 19.1 Å². The van der Waals surface area contributed by atoms with Crippen LogP contribution in [0.15, 0.2) is 99.3 Å². The number of nitrogens with zero attached hydrogens (tertiary/aromatic N) is 10. The van der Waals surface area contributed by atoms with E-state index in [1.165, 1.54) is 27.5 Å². The number of methoxy groups -OCH3 is 2. The lowest BCUT2D eigenvalue weighted by Crippen LogP contribution is -2.12. The first kappa shape index (κ1) is 44.5. The molecule has 8 N–H and O–H groups in total. The van der Waals surface area contributed by atoms with E-state index in [0.717, 1.165) is 61.9 Å². The zero-order valence-electron chi connectivity index (χ0n) is 34.5. The van der Waals surface area contributed by atoms with E-state index in [1.807, 2.05) is 0 Å². The number of anilines is 4. The van der Waals surface area contributed by atoms with Crippen LogP contribution in [0.4, 0.5) is 23.5 Å². The van der Waals surface area contributed by atoms with Gasteiger partial charge in [-0.15, -0.1) is 10.2 Å². The van der Waals surface area contributed by atoms with Gasteiger partial charge in [0.1, 0.15) is 0 Å². The summed E-state index contributed by atoms with van der Waals surface area (Å²) in [6.45, 7) is 3.74. The van der Waals surface area contributed by atoms with Crippen LogP contribution in [0.3, 0.4) is 0 Å². The van der Waals surface area contributed by atoms with Crippen molar-refractivity contribution in [2.24, 2.45) is 5.73 Å². The predicted molar refractivity (Wildman–Crippen MR) is 233 cm³/mol. The summed E-state index contributed by atoms with van der Waals surface area (Å²) in [5.41, 5.74) is 22.1. The van der Waals surface area contributed by atoms with E-state index >= 15 is 0 Å². The number of nitrogen functional groups attached to an aromatic ring is 2. The van der Waals surface area contributed by atoms with Crippen LogP contribution in [0, 0.1) is 0 Å². The number of nitrogens with two attached hydrogens (primary N) is 3. The van der Waals surface area contributed by atoms with Gasteiger partial charge in [0.2, 0.25) is 39.3 Å². The standard InChI is InChI=1S/C20H23N7O2.C11H18N2O.C9H8N6O3S/c1-28-12-2-4-14-6-8-15(9-7-14)10-11-22-19-24-18(21)27-20(25-19)23-17(26-27)16-5-3-13-29-16;1-14-9-8-13-11-4-2-10(3-5-11)6-7-12;1-19(16,17)9-12-7(10)15-8(13-9)11-6(14-15)5-3-2-4-18-5/h3,5-9,13H,2,4,10-12H2,1H3,(H3,21,22,23,24,25,26);2-5,13H,6-9,12H2,1H3;2-4H,1H3,(H2,10,11,12,13,14). The van der Waals surface area contributed by atoms with Gasteiger partial charge in [-0.2, -0.15) is 38.9 Å². The van der Waals surface area contributed by atoms with Crippen LogP contribution in [0.5, 0.6) is 0 Å². The van der Waals surface area contributed by atoms with Crippen LogP contribution >= 0.6 is 0 Å². The number of fused-ring (bicyclic) bond motifs is 2. The zero-order valence-corrected chi connectivity index (χ0v) is 35.3. The Morgan fingerprint density at radius 1 is 0.645 bits per heavy atom. The summed E-state index contributed by atoms with van der Waals surface area (Å²) in [7, 11) is -0.139. The highest BCUT2D eigenvalue weighted by Gasteiger charge is 2.18. The highest BCUT2D eigenvalue weighted by Crippen LogP contribution is 2.19. The largest absolute Gasteiger partial charge is 0.461 e. The van der Waals surface area contributed by atoms with E-state index in [9.17, 15) is 8.42 Å². The van der Waals surface area contributed by atoms with E-state index in [1.54, 1.807) is 44.7 Å². The summed E-state index contributed by atoms with van der Waals surface area (Å²) in [5, 5.41) is 14.4. The molecule has 0 radical (unpaired) electrons. The van der Waals surface area contributed by atoms with Gasteiger partial charge in [0.15, 0.2) is 11.5 Å². The second kappa shape index (κ2) is 21.5. The van der Waals surface area contributed by atoms with Gasteiger partial charge in [0, 0.05) is 45.9 Å². The molecule has 0 spiro atoms. The Labute approximate surface area is 357 Å². The molecule has 2 aromatic carbocycles. The maximum absolute atomic E-state index is 11.4. The Balaban J connectivity index is 0.000000167. The van der Waals surface area contributed by atoms with E-state index in [4.69, 9.17) is 35.5 Å². The minimum atomic E-state index is -3.57. The first-order valence-electron chi connectivity index (χ1n) is 19.5. The van der Waals surface area contributed by atoms with Crippen molar-refractivity contribution in [3.63, 3.8) is 0 Å². The summed E-state index contributed by atoms with van der Waals surface area (Å²) in [5.74, 6) is 2.56.